The van der Waals surface area contributed by atoms with Crippen molar-refractivity contribution in [3.05, 3.63) is 29.2 Å². The summed E-state index contributed by atoms with van der Waals surface area (Å²) < 4.78 is 0. The Balaban J connectivity index is 2.47. The summed E-state index contributed by atoms with van der Waals surface area (Å²) in [7, 11) is 0. The first-order chi connectivity index (χ1) is 8.60. The molecule has 1 amide bonds. The molecule has 4 nitrogen and oxygen atoms in total. The molecule has 0 aliphatic rings. The van der Waals surface area contributed by atoms with Gasteiger partial charge in [-0.1, -0.05) is 18.5 Å². The number of carbonyl (C=O) groups is 1. The Hall–Kier alpha value is -1.68. The first kappa shape index (κ1) is 12.8. The van der Waals surface area contributed by atoms with Crippen molar-refractivity contribution in [2.45, 2.75) is 26.7 Å². The van der Waals surface area contributed by atoms with Gasteiger partial charge in [0.25, 0.3) is 0 Å². The van der Waals surface area contributed by atoms with E-state index in [1.54, 1.807) is 6.07 Å². The van der Waals surface area contributed by atoms with Crippen molar-refractivity contribution in [3.63, 3.8) is 0 Å². The highest BCUT2D eigenvalue weighted by molar-refractivity contribution is 6.34. The van der Waals surface area contributed by atoms with Crippen molar-refractivity contribution in [1.29, 1.82) is 0 Å². The number of halogens is 1. The Morgan fingerprint density at radius 2 is 2.17 bits per heavy atom. The molecule has 0 aliphatic carbocycles. The molecule has 0 spiro atoms. The topological polar surface area (TPSA) is 54.9 Å². The normalized spacial score (nSPS) is 10.6. The van der Waals surface area contributed by atoms with E-state index in [9.17, 15) is 4.79 Å². The van der Waals surface area contributed by atoms with Crippen LogP contribution in [-0.2, 0) is 11.2 Å². The summed E-state index contributed by atoms with van der Waals surface area (Å²) >= 11 is 6.14. The molecule has 0 radical (unpaired) electrons. The average molecular weight is 264 g/mol. The van der Waals surface area contributed by atoms with Crippen molar-refractivity contribution in [2.75, 3.05) is 5.32 Å². The molecule has 0 unspecified atom stereocenters. The molecule has 18 heavy (non-hydrogen) atoms. The summed E-state index contributed by atoms with van der Waals surface area (Å²) in [5.41, 5.74) is 1.50. The van der Waals surface area contributed by atoms with Gasteiger partial charge in [-0.2, -0.15) is 0 Å². The molecule has 1 heterocycles. The van der Waals surface area contributed by atoms with E-state index in [0.717, 1.165) is 29.6 Å². The number of anilines is 1. The van der Waals surface area contributed by atoms with Crippen molar-refractivity contribution in [3.8, 4) is 0 Å². The fourth-order valence-corrected chi connectivity index (χ4v) is 2.00. The molecule has 94 valence electrons. The second-order valence-corrected chi connectivity index (χ2v) is 4.45. The van der Waals surface area contributed by atoms with Crippen LogP contribution in [-0.4, -0.2) is 15.9 Å². The van der Waals surface area contributed by atoms with Crippen LogP contribution in [0.4, 0.5) is 5.69 Å². The first-order valence-electron chi connectivity index (χ1n) is 5.84. The predicted molar refractivity (Wildman–Crippen MR) is 72.8 cm³/mol. The Kier molecular flexibility index (Phi) is 3.77. The lowest BCUT2D eigenvalue weighted by Gasteiger charge is -2.06. The van der Waals surface area contributed by atoms with Crippen LogP contribution in [0.15, 0.2) is 18.2 Å². The van der Waals surface area contributed by atoms with Gasteiger partial charge in [-0.15, -0.1) is 0 Å². The summed E-state index contributed by atoms with van der Waals surface area (Å²) in [5.74, 6) is 0.635. The number of carbonyl (C=O) groups excluding carboxylic acids is 1. The minimum Gasteiger partial charge on any atom is -0.326 e. The summed E-state index contributed by atoms with van der Waals surface area (Å²) in [6.45, 7) is 3.54. The maximum atomic E-state index is 11.0. The highest BCUT2D eigenvalue weighted by Gasteiger charge is 2.07. The van der Waals surface area contributed by atoms with Crippen LogP contribution in [0, 0.1) is 0 Å². The smallest absolute Gasteiger partial charge is 0.221 e. The monoisotopic (exact) mass is 263 g/mol. The van der Waals surface area contributed by atoms with Crippen LogP contribution >= 0.6 is 11.6 Å². The van der Waals surface area contributed by atoms with Gasteiger partial charge in [0.05, 0.1) is 5.52 Å². The molecule has 1 aromatic carbocycles. The van der Waals surface area contributed by atoms with Crippen molar-refractivity contribution in [2.24, 2.45) is 0 Å². The molecule has 0 saturated heterocycles. The van der Waals surface area contributed by atoms with E-state index in [-0.39, 0.29) is 5.91 Å². The maximum Gasteiger partial charge on any atom is 0.221 e. The van der Waals surface area contributed by atoms with Gasteiger partial charge in [-0.25, -0.2) is 9.97 Å². The quantitative estimate of drug-likeness (QED) is 0.866. The van der Waals surface area contributed by atoms with Crippen molar-refractivity contribution in [1.82, 2.24) is 9.97 Å². The van der Waals surface area contributed by atoms with E-state index in [4.69, 9.17) is 11.6 Å². The third kappa shape index (κ3) is 2.76. The number of hydrogen-bond donors (Lipinski definition) is 1. The summed E-state index contributed by atoms with van der Waals surface area (Å²) in [5, 5.41) is 3.89. The van der Waals surface area contributed by atoms with E-state index in [0.29, 0.717) is 10.8 Å². The molecule has 5 heteroatoms. The van der Waals surface area contributed by atoms with Gasteiger partial charge in [-0.05, 0) is 24.6 Å². The number of nitrogens with zero attached hydrogens (tertiary/aromatic N) is 2. The van der Waals surface area contributed by atoms with Crippen LogP contribution in [0.25, 0.3) is 10.9 Å². The van der Waals surface area contributed by atoms with Crippen LogP contribution in [0.2, 0.25) is 5.15 Å². The molecule has 0 aliphatic heterocycles. The fraction of sp³-hybridized carbons (Fsp3) is 0.308. The highest BCUT2D eigenvalue weighted by Crippen LogP contribution is 2.24. The maximum absolute atomic E-state index is 11.0. The number of benzene rings is 1. The average Bonchev–Trinajstić information content (AvgIpc) is 2.30. The van der Waals surface area contributed by atoms with Crippen LogP contribution in [0.3, 0.4) is 0 Å². The van der Waals surface area contributed by atoms with E-state index in [1.165, 1.54) is 6.92 Å². The number of amides is 1. The number of rotatable bonds is 3. The second-order valence-electron chi connectivity index (χ2n) is 4.09. The highest BCUT2D eigenvalue weighted by atomic mass is 35.5. The lowest BCUT2D eigenvalue weighted by Crippen LogP contribution is -2.05. The minimum absolute atomic E-state index is 0.117. The number of fused-ring (bicyclic) bond motifs is 1. The Labute approximate surface area is 110 Å². The van der Waals surface area contributed by atoms with Gasteiger partial charge in [-0.3, -0.25) is 4.79 Å². The third-order valence-corrected chi connectivity index (χ3v) is 2.78. The molecular formula is C13H14ClN3O. The first-order valence-corrected chi connectivity index (χ1v) is 6.21. The third-order valence-electron chi connectivity index (χ3n) is 2.49. The van der Waals surface area contributed by atoms with E-state index in [2.05, 4.69) is 22.2 Å². The standard InChI is InChI=1S/C13H14ClN3O/c1-3-4-12-16-11-6-5-9(15-8(2)18)7-10(11)13(14)17-12/h5-7H,3-4H2,1-2H3,(H,15,18). The molecule has 1 aromatic heterocycles. The van der Waals surface area contributed by atoms with Gasteiger partial charge in [0.2, 0.25) is 5.91 Å². The molecule has 0 saturated carbocycles. The predicted octanol–water partition coefficient (Wildman–Crippen LogP) is 3.19. The summed E-state index contributed by atoms with van der Waals surface area (Å²) in [6, 6.07) is 5.44. The Morgan fingerprint density at radius 3 is 2.83 bits per heavy atom. The fourth-order valence-electron chi connectivity index (χ4n) is 1.75. The Bertz CT molecular complexity index is 598. The molecule has 0 bridgehead atoms. The molecular weight excluding hydrogens is 250 g/mol. The number of aromatic nitrogens is 2. The van der Waals surface area contributed by atoms with Gasteiger partial charge >= 0.3 is 0 Å². The summed E-state index contributed by atoms with van der Waals surface area (Å²) in [6.07, 6.45) is 1.79. The van der Waals surface area contributed by atoms with Gasteiger partial charge in [0.15, 0.2) is 0 Å². The van der Waals surface area contributed by atoms with Crippen molar-refractivity contribution >= 4 is 34.1 Å². The zero-order chi connectivity index (χ0) is 13.1. The minimum atomic E-state index is -0.117. The SMILES string of the molecule is CCCc1nc(Cl)c2cc(NC(C)=O)ccc2n1. The molecule has 1 N–H and O–H groups in total. The van der Waals surface area contributed by atoms with Crippen molar-refractivity contribution < 1.29 is 4.79 Å². The lowest BCUT2D eigenvalue weighted by molar-refractivity contribution is -0.114. The molecule has 2 rings (SSSR count). The zero-order valence-corrected chi connectivity index (χ0v) is 11.1. The number of nitrogens with one attached hydrogen (secondary N) is 1. The van der Waals surface area contributed by atoms with Crippen LogP contribution in [0.5, 0.6) is 0 Å². The lowest BCUT2D eigenvalue weighted by atomic mass is 10.2. The van der Waals surface area contributed by atoms with Crippen LogP contribution < -0.4 is 5.32 Å². The van der Waals surface area contributed by atoms with Gasteiger partial charge in [0.1, 0.15) is 11.0 Å². The number of hydrogen-bond acceptors (Lipinski definition) is 3. The molecule has 0 fully saturated rings. The van der Waals surface area contributed by atoms with E-state index >= 15 is 0 Å². The van der Waals surface area contributed by atoms with Gasteiger partial charge in [0, 0.05) is 24.4 Å². The number of aryl methyl sites for hydroxylation is 1. The van der Waals surface area contributed by atoms with Gasteiger partial charge < -0.3 is 5.32 Å². The summed E-state index contributed by atoms with van der Waals surface area (Å²) in [4.78, 5) is 19.7. The second kappa shape index (κ2) is 5.31. The Morgan fingerprint density at radius 1 is 1.39 bits per heavy atom. The zero-order valence-electron chi connectivity index (χ0n) is 10.3. The van der Waals surface area contributed by atoms with E-state index in [1.807, 2.05) is 12.1 Å². The van der Waals surface area contributed by atoms with Crippen LogP contribution in [0.1, 0.15) is 26.1 Å². The molecule has 2 aromatic rings. The van der Waals surface area contributed by atoms with E-state index < -0.39 is 0 Å². The largest absolute Gasteiger partial charge is 0.326 e. The molecule has 0 atom stereocenters.